The molecule has 0 unspecified atom stereocenters. The van der Waals surface area contributed by atoms with E-state index >= 15 is 0 Å². The monoisotopic (exact) mass is 973 g/mol. The van der Waals surface area contributed by atoms with Gasteiger partial charge in [-0.1, -0.05) is 264 Å². The quantitative estimate of drug-likeness (QED) is 0.191. The molecule has 0 aliphatic carbocycles. The molecule has 0 heterocycles. The number of hydrogen-bond donors (Lipinski definition) is 0. The van der Waals surface area contributed by atoms with E-state index in [-0.39, 0.29) is 17.7 Å². The summed E-state index contributed by atoms with van der Waals surface area (Å²) in [5.74, 6) is -2.46. The summed E-state index contributed by atoms with van der Waals surface area (Å²) in [5, 5.41) is 0. The molecule has 0 spiro atoms. The van der Waals surface area contributed by atoms with Gasteiger partial charge in [-0.2, -0.15) is 52.7 Å². The maximum atomic E-state index is 11.5. The Labute approximate surface area is 400 Å². The third kappa shape index (κ3) is 201. The molecule has 0 radical (unpaired) electrons. The zero-order valence-corrected chi connectivity index (χ0v) is 47.1. The first-order chi connectivity index (χ1) is 29.9. The van der Waals surface area contributed by atoms with E-state index < -0.39 is 55.7 Å². The Bertz CT molecular complexity index is 803. The fraction of sp³-hybridized carbons (Fsp3) is 1.00. The van der Waals surface area contributed by atoms with Crippen molar-refractivity contribution in [2.75, 3.05) is 0 Å². The van der Waals surface area contributed by atoms with Gasteiger partial charge in [-0.15, -0.1) is 0 Å². The van der Waals surface area contributed by atoms with Crippen molar-refractivity contribution in [2.45, 2.75) is 301 Å². The second-order valence-electron chi connectivity index (χ2n) is 16.8. The van der Waals surface area contributed by atoms with Crippen LogP contribution in [-0.2, 0) is 0 Å². The van der Waals surface area contributed by atoms with Crippen LogP contribution < -0.4 is 0 Å². The SMILES string of the molecule is CC.CC(C)C.CC(C)C(F)(F)F.CCC.CCC(C)CC.CCCC.CCCCC.CC[C@H](C)CC(F)(F)F.CC[C@H](C)CC(F)(F)F.[2H]C(C)(C)C.[2H]C(C)(C)C(F)(F)F.[2H]C([2H])(C)CC. The summed E-state index contributed by atoms with van der Waals surface area (Å²) in [6.07, 6.45) is -6.18. The number of alkyl halides is 12. The van der Waals surface area contributed by atoms with Crippen LogP contribution in [-0.4, -0.2) is 24.7 Å². The molecule has 0 rings (SSSR count). The Kier molecular flexibility index (Phi) is 86.1. The van der Waals surface area contributed by atoms with Gasteiger partial charge in [0.1, 0.15) is 0 Å². The van der Waals surface area contributed by atoms with Crippen molar-refractivity contribution >= 4 is 0 Å². The highest BCUT2D eigenvalue weighted by atomic mass is 19.4. The summed E-state index contributed by atoms with van der Waals surface area (Å²) in [4.78, 5) is 0. The van der Waals surface area contributed by atoms with Gasteiger partial charge < -0.3 is 0 Å². The molecular formula is C52H116F12. The van der Waals surface area contributed by atoms with Crippen molar-refractivity contribution < 1.29 is 58.2 Å². The topological polar surface area (TPSA) is 0 Å². The maximum absolute atomic E-state index is 11.5. The fourth-order valence-electron chi connectivity index (χ4n) is 1.72. The van der Waals surface area contributed by atoms with Gasteiger partial charge in [-0.05, 0) is 29.6 Å². The smallest absolute Gasteiger partial charge is 0.171 e. The Balaban J connectivity index is -0.0000000512. The number of rotatable bonds is 10. The maximum Gasteiger partial charge on any atom is 0.391 e. The summed E-state index contributed by atoms with van der Waals surface area (Å²) in [5.41, 5.74) is 0. The molecule has 0 fully saturated rings. The third-order valence-electron chi connectivity index (χ3n) is 6.73. The molecule has 0 N–H and O–H groups in total. The molecule has 0 saturated carbocycles. The molecule has 0 aliphatic heterocycles. The predicted molar refractivity (Wildman–Crippen MR) is 266 cm³/mol. The van der Waals surface area contributed by atoms with Gasteiger partial charge in [0.2, 0.25) is 0 Å². The zero-order valence-electron chi connectivity index (χ0n) is 51.1. The lowest BCUT2D eigenvalue weighted by atomic mass is 10.1. The first kappa shape index (κ1) is 80.2. The number of unbranched alkanes of at least 4 members (excludes halogenated alkanes) is 3. The van der Waals surface area contributed by atoms with Crippen LogP contribution >= 0.6 is 0 Å². The second-order valence-corrected chi connectivity index (χ2v) is 16.8. The molecule has 0 aromatic heterocycles. The molecule has 0 nitrogen and oxygen atoms in total. The normalized spacial score (nSPS) is 12.7. The van der Waals surface area contributed by atoms with Crippen LogP contribution in [0.4, 0.5) is 52.7 Å². The summed E-state index contributed by atoms with van der Waals surface area (Å²) in [6, 6.07) is 0. The van der Waals surface area contributed by atoms with Crippen LogP contribution in [0.5, 0.6) is 0 Å². The minimum Gasteiger partial charge on any atom is -0.171 e. The van der Waals surface area contributed by atoms with Gasteiger partial charge in [0.25, 0.3) is 0 Å². The lowest BCUT2D eigenvalue weighted by Gasteiger charge is -2.10. The van der Waals surface area contributed by atoms with Crippen molar-refractivity contribution in [3.8, 4) is 0 Å². The van der Waals surface area contributed by atoms with E-state index in [0.717, 1.165) is 39.5 Å². The highest BCUT2D eigenvalue weighted by Crippen LogP contribution is 2.27. The predicted octanol–water partition coefficient (Wildman–Crippen LogP) is 24.4. The molecule has 2 atom stereocenters. The van der Waals surface area contributed by atoms with E-state index in [1.165, 1.54) is 51.4 Å². The van der Waals surface area contributed by atoms with Crippen LogP contribution in [0.15, 0.2) is 0 Å². The van der Waals surface area contributed by atoms with Crippen molar-refractivity contribution in [1.29, 1.82) is 0 Å². The molecule has 0 aliphatic rings. The summed E-state index contributed by atoms with van der Waals surface area (Å²) < 4.78 is 164. The van der Waals surface area contributed by atoms with E-state index in [4.69, 9.17) is 5.48 Å². The van der Waals surface area contributed by atoms with Crippen LogP contribution in [0, 0.1) is 41.4 Å². The van der Waals surface area contributed by atoms with E-state index in [1.807, 2.05) is 41.5 Å². The molecule has 0 bridgehead atoms. The Morgan fingerprint density at radius 3 is 0.578 bits per heavy atom. The van der Waals surface area contributed by atoms with Crippen molar-refractivity contribution in [3.63, 3.8) is 0 Å². The van der Waals surface area contributed by atoms with E-state index in [0.29, 0.717) is 19.3 Å². The number of hydrogen-bond acceptors (Lipinski definition) is 0. The zero-order chi connectivity index (χ0) is 58.6. The Morgan fingerprint density at radius 2 is 0.562 bits per heavy atom. The van der Waals surface area contributed by atoms with Crippen molar-refractivity contribution in [2.24, 2.45) is 41.4 Å². The highest BCUT2D eigenvalue weighted by Gasteiger charge is 2.32. The minimum absolute atomic E-state index is 0.231. The standard InChI is InChI=1S/2C6H11F3.C6H14.C5H12.2C4H7F3.4C4H10.C3H8.C2H6/c2*1-3-5(2)4-6(7,8)9;1-4-6(3)5-2;1-3-5-4-2;2*1-3(2)4(5,6)7;2*1-4(2)3;2*1-3-4-2;1-3-2;1-2/h2*5H,3-4H2,1-2H3;6H,4-5H2,1-3H3;3-5H2,1-2H3;2*3H,1-2H3;2*4H,1-3H3;2*3-4H2,1-2H3;3H2,1-2H3;1-2H3/t2*5-;;;;;;;;;;/m00........../s1/i;;;;3D;;4D;;3D2;;;. The minimum atomic E-state index is -4.40. The van der Waals surface area contributed by atoms with Crippen molar-refractivity contribution in [3.05, 3.63) is 0 Å². The van der Waals surface area contributed by atoms with E-state index in [9.17, 15) is 52.7 Å². The molecule has 64 heavy (non-hydrogen) atoms. The van der Waals surface area contributed by atoms with Crippen LogP contribution in [0.1, 0.15) is 282 Å². The first-order valence-corrected chi connectivity index (χ1v) is 24.2. The van der Waals surface area contributed by atoms with Gasteiger partial charge in [-0.25, -0.2) is 0 Å². The van der Waals surface area contributed by atoms with Crippen LogP contribution in [0.2, 0.25) is 0 Å². The van der Waals surface area contributed by atoms with Gasteiger partial charge >= 0.3 is 24.7 Å². The molecule has 408 valence electrons. The summed E-state index contributed by atoms with van der Waals surface area (Å²) in [6.45, 7) is 49.9. The average molecular weight is 974 g/mol. The van der Waals surface area contributed by atoms with Gasteiger partial charge in [0, 0.05) is 30.1 Å². The van der Waals surface area contributed by atoms with Crippen molar-refractivity contribution in [1.82, 2.24) is 0 Å². The first-order valence-electron chi connectivity index (χ1n) is 26.2. The van der Waals surface area contributed by atoms with Crippen LogP contribution in [0.25, 0.3) is 0 Å². The molecule has 0 aromatic rings. The van der Waals surface area contributed by atoms with Gasteiger partial charge in [-0.3, -0.25) is 0 Å². The van der Waals surface area contributed by atoms with E-state index in [2.05, 4.69) is 83.1 Å². The van der Waals surface area contributed by atoms with Crippen LogP contribution in [0.3, 0.4) is 0 Å². The Morgan fingerprint density at radius 1 is 0.391 bits per heavy atom. The number of halogens is 12. The van der Waals surface area contributed by atoms with Gasteiger partial charge in [0.05, 0.1) is 0 Å². The fourth-order valence-corrected chi connectivity index (χ4v) is 1.72. The summed E-state index contributed by atoms with van der Waals surface area (Å²) in [7, 11) is 0. The highest BCUT2D eigenvalue weighted by molar-refractivity contribution is 4.57. The van der Waals surface area contributed by atoms with E-state index in [1.54, 1.807) is 34.6 Å². The largest absolute Gasteiger partial charge is 0.391 e. The Hall–Kier alpha value is -0.840. The molecule has 0 saturated heterocycles. The third-order valence-corrected chi connectivity index (χ3v) is 6.73. The second kappa shape index (κ2) is 68.7. The van der Waals surface area contributed by atoms with Gasteiger partial charge in [0.15, 0.2) is 0 Å². The molecule has 0 aromatic carbocycles. The molecular weight excluding hydrogens is 853 g/mol. The lowest BCUT2D eigenvalue weighted by molar-refractivity contribution is -0.165. The summed E-state index contributed by atoms with van der Waals surface area (Å²) >= 11 is 0. The molecule has 12 heteroatoms. The lowest BCUT2D eigenvalue weighted by Crippen LogP contribution is -2.15. The average Bonchev–Trinajstić information content (AvgIpc) is 3.14. The molecule has 0 amide bonds.